The van der Waals surface area contributed by atoms with Crippen molar-refractivity contribution < 1.29 is 17.9 Å². The first kappa shape index (κ1) is 11.1. The smallest absolute Gasteiger partial charge is 0.405 e. The third-order valence-electron chi connectivity index (χ3n) is 1.42. The van der Waals surface area contributed by atoms with E-state index < -0.39 is 6.36 Å². The minimum absolute atomic E-state index is 0.262. The summed E-state index contributed by atoms with van der Waals surface area (Å²) in [6.45, 7) is 3.39. The minimum Gasteiger partial charge on any atom is -0.405 e. The fourth-order valence-corrected chi connectivity index (χ4v) is 1.23. The molecule has 0 spiro atoms. The van der Waals surface area contributed by atoms with Crippen molar-refractivity contribution in [3.63, 3.8) is 0 Å². The van der Waals surface area contributed by atoms with Crippen LogP contribution in [0.15, 0.2) is 29.3 Å². The topological polar surface area (TPSA) is 9.23 Å². The Morgan fingerprint density at radius 2 is 2.00 bits per heavy atom. The van der Waals surface area contributed by atoms with E-state index in [-0.39, 0.29) is 5.75 Å². The van der Waals surface area contributed by atoms with E-state index in [1.54, 1.807) is 6.07 Å². The molecule has 0 bridgehead atoms. The quantitative estimate of drug-likeness (QED) is 0.787. The van der Waals surface area contributed by atoms with Gasteiger partial charge in [-0.25, -0.2) is 0 Å². The first-order valence-electron chi connectivity index (χ1n) is 3.60. The summed E-state index contributed by atoms with van der Waals surface area (Å²) in [5.74, 6) is -0.262. The summed E-state index contributed by atoms with van der Waals surface area (Å²) in [5.41, 5.74) is 0.297. The third kappa shape index (κ3) is 3.06. The van der Waals surface area contributed by atoms with Gasteiger partial charge in [0.1, 0.15) is 5.75 Å². The molecule has 1 rings (SSSR count). The van der Waals surface area contributed by atoms with Gasteiger partial charge in [-0.3, -0.25) is 0 Å². The Morgan fingerprint density at radius 1 is 1.36 bits per heavy atom. The van der Waals surface area contributed by atoms with E-state index in [4.69, 9.17) is 0 Å². The van der Waals surface area contributed by atoms with Crippen LogP contribution in [0.2, 0.25) is 0 Å². The molecule has 0 aromatic heterocycles. The molecule has 0 aliphatic carbocycles. The van der Waals surface area contributed by atoms with E-state index in [2.05, 4.69) is 27.2 Å². The lowest BCUT2D eigenvalue weighted by Crippen LogP contribution is -2.17. The summed E-state index contributed by atoms with van der Waals surface area (Å²) in [6.07, 6.45) is -3.38. The van der Waals surface area contributed by atoms with Crippen LogP contribution in [0.1, 0.15) is 5.56 Å². The van der Waals surface area contributed by atoms with Gasteiger partial charge in [-0.2, -0.15) is 0 Å². The molecule has 1 aromatic carbocycles. The van der Waals surface area contributed by atoms with Crippen LogP contribution in [0.25, 0.3) is 6.08 Å². The van der Waals surface area contributed by atoms with Crippen molar-refractivity contribution in [2.24, 2.45) is 0 Å². The van der Waals surface area contributed by atoms with E-state index in [0.29, 0.717) is 10.0 Å². The van der Waals surface area contributed by atoms with Gasteiger partial charge in [-0.15, -0.1) is 13.2 Å². The lowest BCUT2D eigenvalue weighted by atomic mass is 10.2. The summed E-state index contributed by atoms with van der Waals surface area (Å²) in [5, 5.41) is 0. The number of benzene rings is 1. The summed E-state index contributed by atoms with van der Waals surface area (Å²) < 4.78 is 40.1. The molecule has 1 aromatic rings. The van der Waals surface area contributed by atoms with E-state index in [9.17, 15) is 13.2 Å². The van der Waals surface area contributed by atoms with Crippen molar-refractivity contribution >= 4 is 22.0 Å². The van der Waals surface area contributed by atoms with Crippen molar-refractivity contribution in [3.05, 3.63) is 34.8 Å². The molecule has 0 saturated carbocycles. The maximum atomic E-state index is 11.9. The van der Waals surface area contributed by atoms with Gasteiger partial charge >= 0.3 is 6.36 Å². The second kappa shape index (κ2) is 4.04. The Kier molecular flexibility index (Phi) is 3.21. The number of hydrogen-bond acceptors (Lipinski definition) is 1. The molecule has 0 atom stereocenters. The molecule has 0 amide bonds. The third-order valence-corrected chi connectivity index (χ3v) is 1.91. The maximum absolute atomic E-state index is 11.9. The molecule has 0 radical (unpaired) electrons. The van der Waals surface area contributed by atoms with Crippen molar-refractivity contribution in [1.82, 2.24) is 0 Å². The molecule has 0 aliphatic heterocycles. The van der Waals surface area contributed by atoms with Crippen molar-refractivity contribution in [2.75, 3.05) is 0 Å². The van der Waals surface area contributed by atoms with E-state index in [1.165, 1.54) is 18.2 Å². The number of hydrogen-bond donors (Lipinski definition) is 0. The van der Waals surface area contributed by atoms with Crippen molar-refractivity contribution in [2.45, 2.75) is 6.36 Å². The Hall–Kier alpha value is -0.970. The first-order valence-corrected chi connectivity index (χ1v) is 4.39. The van der Waals surface area contributed by atoms with Gasteiger partial charge in [0.15, 0.2) is 0 Å². The van der Waals surface area contributed by atoms with Gasteiger partial charge in [0.2, 0.25) is 0 Å². The summed E-state index contributed by atoms with van der Waals surface area (Å²) >= 11 is 3.05. The van der Waals surface area contributed by atoms with Crippen LogP contribution in [0, 0.1) is 0 Å². The highest BCUT2D eigenvalue weighted by Crippen LogP contribution is 2.29. The van der Waals surface area contributed by atoms with Crippen LogP contribution in [0.3, 0.4) is 0 Å². The second-order valence-corrected chi connectivity index (χ2v) is 3.35. The Morgan fingerprint density at radius 3 is 2.50 bits per heavy atom. The van der Waals surface area contributed by atoms with E-state index in [1.807, 2.05) is 0 Å². The van der Waals surface area contributed by atoms with E-state index in [0.717, 1.165) is 0 Å². The molecule has 0 fully saturated rings. The van der Waals surface area contributed by atoms with Gasteiger partial charge in [0, 0.05) is 10.0 Å². The molecule has 0 aliphatic rings. The molecule has 0 saturated heterocycles. The molecule has 76 valence electrons. The largest absolute Gasteiger partial charge is 0.573 e. The van der Waals surface area contributed by atoms with Crippen LogP contribution in [0.5, 0.6) is 5.75 Å². The predicted octanol–water partition coefficient (Wildman–Crippen LogP) is 3.99. The maximum Gasteiger partial charge on any atom is 0.573 e. The lowest BCUT2D eigenvalue weighted by Gasteiger charge is -2.11. The van der Waals surface area contributed by atoms with Crippen LogP contribution >= 0.6 is 15.9 Å². The van der Waals surface area contributed by atoms with Gasteiger partial charge < -0.3 is 4.74 Å². The molecular formula is C9H6BrF3O. The Labute approximate surface area is 87.3 Å². The standard InChI is InChI=1S/C9H6BrF3O/c1-2-6-3-4-7(10)5-8(6)14-9(11,12)13/h2-5H,1H2. The molecule has 14 heavy (non-hydrogen) atoms. The van der Waals surface area contributed by atoms with Crippen molar-refractivity contribution in [1.29, 1.82) is 0 Å². The average molecular weight is 267 g/mol. The Bertz CT molecular complexity index is 346. The van der Waals surface area contributed by atoms with Crippen LogP contribution in [0.4, 0.5) is 13.2 Å². The molecular weight excluding hydrogens is 261 g/mol. The molecule has 1 nitrogen and oxygen atoms in total. The van der Waals surface area contributed by atoms with Crippen molar-refractivity contribution in [3.8, 4) is 5.75 Å². The minimum atomic E-state index is -4.68. The molecule has 5 heteroatoms. The highest BCUT2D eigenvalue weighted by molar-refractivity contribution is 9.10. The zero-order chi connectivity index (χ0) is 10.8. The van der Waals surface area contributed by atoms with Gasteiger partial charge in [0.25, 0.3) is 0 Å². The highest BCUT2D eigenvalue weighted by atomic mass is 79.9. The lowest BCUT2D eigenvalue weighted by molar-refractivity contribution is -0.274. The fourth-order valence-electron chi connectivity index (χ4n) is 0.890. The summed E-state index contributed by atoms with van der Waals surface area (Å²) in [4.78, 5) is 0. The molecule has 0 N–H and O–H groups in total. The van der Waals surface area contributed by atoms with Gasteiger partial charge in [-0.1, -0.05) is 34.7 Å². The van der Waals surface area contributed by atoms with Crippen LogP contribution in [-0.2, 0) is 0 Å². The monoisotopic (exact) mass is 266 g/mol. The first-order chi connectivity index (χ1) is 6.42. The fraction of sp³-hybridized carbons (Fsp3) is 0.111. The number of alkyl halides is 3. The normalized spacial score (nSPS) is 11.1. The van der Waals surface area contributed by atoms with Gasteiger partial charge in [-0.05, 0) is 12.1 Å². The number of rotatable bonds is 2. The number of halogens is 4. The Balaban J connectivity index is 3.05. The second-order valence-electron chi connectivity index (χ2n) is 2.43. The van der Waals surface area contributed by atoms with Gasteiger partial charge in [0.05, 0.1) is 0 Å². The highest BCUT2D eigenvalue weighted by Gasteiger charge is 2.31. The molecule has 0 heterocycles. The summed E-state index contributed by atoms with van der Waals surface area (Å²) in [7, 11) is 0. The van der Waals surface area contributed by atoms with E-state index >= 15 is 0 Å². The SMILES string of the molecule is C=Cc1ccc(Br)cc1OC(F)(F)F. The predicted molar refractivity (Wildman–Crippen MR) is 50.9 cm³/mol. The zero-order valence-corrected chi connectivity index (χ0v) is 8.52. The average Bonchev–Trinajstić information content (AvgIpc) is 2.01. The molecule has 0 unspecified atom stereocenters. The van der Waals surface area contributed by atoms with Crippen LogP contribution < -0.4 is 4.74 Å². The summed E-state index contributed by atoms with van der Waals surface area (Å²) in [6, 6.07) is 4.34. The number of ether oxygens (including phenoxy) is 1. The zero-order valence-electron chi connectivity index (χ0n) is 6.94. The van der Waals surface area contributed by atoms with Crippen LogP contribution in [-0.4, -0.2) is 6.36 Å².